The van der Waals surface area contributed by atoms with E-state index in [4.69, 9.17) is 9.47 Å². The summed E-state index contributed by atoms with van der Waals surface area (Å²) in [5.41, 5.74) is 1.12. The van der Waals surface area contributed by atoms with Crippen molar-refractivity contribution in [1.82, 2.24) is 0 Å². The Hall–Kier alpha value is -0.0800. The standard InChI is InChI=1S/C52H98O2/c1-5-7-9-11-13-15-17-21-27-47-29-33-49(34-30-47)51(37-23-19-24-38-51)41-43-53-45(3)46(4)54-44-42-52(39-25-20-26-40-52)50-35-31-48(32-36-50)28-22-18-16-14-12-10-8-6-2/h45-50H,5-44H2,1-4H3. The van der Waals surface area contributed by atoms with Gasteiger partial charge in [0.15, 0.2) is 0 Å². The first-order valence-electron chi connectivity index (χ1n) is 25.7. The van der Waals surface area contributed by atoms with Gasteiger partial charge in [-0.3, -0.25) is 0 Å². The molecule has 0 radical (unpaired) electrons. The maximum absolute atomic E-state index is 6.69. The fraction of sp³-hybridized carbons (Fsp3) is 1.00. The molecule has 0 amide bonds. The van der Waals surface area contributed by atoms with Gasteiger partial charge >= 0.3 is 0 Å². The van der Waals surface area contributed by atoms with E-state index in [2.05, 4.69) is 27.7 Å². The van der Waals surface area contributed by atoms with Crippen LogP contribution in [0.15, 0.2) is 0 Å². The summed E-state index contributed by atoms with van der Waals surface area (Å²) in [5.74, 6) is 3.94. The average molecular weight is 755 g/mol. The average Bonchev–Trinajstić information content (AvgIpc) is 3.21. The predicted molar refractivity (Wildman–Crippen MR) is 236 cm³/mol. The van der Waals surface area contributed by atoms with Crippen molar-refractivity contribution >= 4 is 0 Å². The molecule has 4 fully saturated rings. The Labute approximate surface area is 340 Å². The van der Waals surface area contributed by atoms with Crippen LogP contribution in [0.3, 0.4) is 0 Å². The number of unbranched alkanes of at least 4 members (excludes halogenated alkanes) is 14. The van der Waals surface area contributed by atoms with Crippen molar-refractivity contribution in [2.45, 2.75) is 284 Å². The molecule has 2 atom stereocenters. The van der Waals surface area contributed by atoms with Crippen molar-refractivity contribution in [3.8, 4) is 0 Å². The van der Waals surface area contributed by atoms with Crippen LogP contribution < -0.4 is 0 Å². The van der Waals surface area contributed by atoms with Gasteiger partial charge in [-0.2, -0.15) is 0 Å². The van der Waals surface area contributed by atoms with E-state index in [0.29, 0.717) is 10.8 Å². The van der Waals surface area contributed by atoms with E-state index in [1.165, 1.54) is 244 Å². The molecule has 0 bridgehead atoms. The van der Waals surface area contributed by atoms with Crippen molar-refractivity contribution in [3.05, 3.63) is 0 Å². The van der Waals surface area contributed by atoms with Crippen LogP contribution in [0, 0.1) is 34.5 Å². The Morgan fingerprint density at radius 2 is 0.722 bits per heavy atom. The second kappa shape index (κ2) is 27.6. The molecule has 318 valence electrons. The molecule has 2 heteroatoms. The van der Waals surface area contributed by atoms with Gasteiger partial charge in [-0.05, 0) is 113 Å². The maximum Gasteiger partial charge on any atom is 0.0805 e. The first kappa shape index (κ1) is 46.6. The molecule has 2 unspecified atom stereocenters. The molecule has 0 heterocycles. The summed E-state index contributed by atoms with van der Waals surface area (Å²) in [6.45, 7) is 11.1. The maximum atomic E-state index is 6.69. The molecule has 4 aliphatic rings. The Balaban J connectivity index is 1.11. The normalized spacial score (nSPS) is 27.1. The highest BCUT2D eigenvalue weighted by atomic mass is 16.5. The summed E-state index contributed by atoms with van der Waals surface area (Å²) in [4.78, 5) is 0. The summed E-state index contributed by atoms with van der Waals surface area (Å²) < 4.78 is 13.4. The van der Waals surface area contributed by atoms with Gasteiger partial charge in [0, 0.05) is 13.2 Å². The molecule has 4 aliphatic carbocycles. The van der Waals surface area contributed by atoms with Crippen LogP contribution in [0.4, 0.5) is 0 Å². The minimum Gasteiger partial charge on any atom is -0.376 e. The van der Waals surface area contributed by atoms with Gasteiger partial charge in [-0.1, -0.05) is 194 Å². The molecule has 0 aromatic carbocycles. The Kier molecular flexibility index (Phi) is 23.8. The van der Waals surface area contributed by atoms with Gasteiger partial charge < -0.3 is 9.47 Å². The molecule has 0 saturated heterocycles. The molecule has 0 aliphatic heterocycles. The third-order valence-corrected chi connectivity index (χ3v) is 16.7. The van der Waals surface area contributed by atoms with Crippen LogP contribution >= 0.6 is 0 Å². The Morgan fingerprint density at radius 3 is 1.06 bits per heavy atom. The Bertz CT molecular complexity index is 797. The van der Waals surface area contributed by atoms with Crippen molar-refractivity contribution in [2.24, 2.45) is 34.5 Å². The highest BCUT2D eigenvalue weighted by Gasteiger charge is 2.42. The third-order valence-electron chi connectivity index (χ3n) is 16.7. The van der Waals surface area contributed by atoms with E-state index < -0.39 is 0 Å². The van der Waals surface area contributed by atoms with Crippen LogP contribution in [-0.2, 0) is 9.47 Å². The smallest absolute Gasteiger partial charge is 0.0805 e. The largest absolute Gasteiger partial charge is 0.376 e. The molecule has 0 N–H and O–H groups in total. The van der Waals surface area contributed by atoms with Crippen LogP contribution in [-0.4, -0.2) is 25.4 Å². The quantitative estimate of drug-likeness (QED) is 0.0708. The molecule has 54 heavy (non-hydrogen) atoms. The van der Waals surface area contributed by atoms with Gasteiger partial charge in [0.1, 0.15) is 0 Å². The fourth-order valence-corrected chi connectivity index (χ4v) is 12.7. The van der Waals surface area contributed by atoms with Gasteiger partial charge in [-0.15, -0.1) is 0 Å². The minimum absolute atomic E-state index is 0.196. The Morgan fingerprint density at radius 1 is 0.407 bits per heavy atom. The fourth-order valence-electron chi connectivity index (χ4n) is 12.7. The van der Waals surface area contributed by atoms with Crippen molar-refractivity contribution < 1.29 is 9.47 Å². The summed E-state index contributed by atoms with van der Waals surface area (Å²) in [7, 11) is 0. The van der Waals surface area contributed by atoms with Crippen molar-refractivity contribution in [1.29, 1.82) is 0 Å². The second-order valence-corrected chi connectivity index (χ2v) is 20.5. The zero-order valence-corrected chi connectivity index (χ0v) is 37.6. The number of hydrogen-bond acceptors (Lipinski definition) is 2. The summed E-state index contributed by atoms with van der Waals surface area (Å²) in [5, 5.41) is 0. The van der Waals surface area contributed by atoms with Crippen molar-refractivity contribution in [3.63, 3.8) is 0 Å². The molecule has 4 rings (SSSR count). The monoisotopic (exact) mass is 755 g/mol. The van der Waals surface area contributed by atoms with Crippen LogP contribution in [0.25, 0.3) is 0 Å². The predicted octanol–water partition coefficient (Wildman–Crippen LogP) is 17.2. The minimum atomic E-state index is 0.196. The first-order chi connectivity index (χ1) is 26.5. The lowest BCUT2D eigenvalue weighted by molar-refractivity contribution is -0.0823. The number of ether oxygens (including phenoxy) is 2. The first-order valence-corrected chi connectivity index (χ1v) is 25.7. The topological polar surface area (TPSA) is 18.5 Å². The lowest BCUT2D eigenvalue weighted by atomic mass is 9.59. The second-order valence-electron chi connectivity index (χ2n) is 20.5. The molecule has 0 aromatic heterocycles. The van der Waals surface area contributed by atoms with Gasteiger partial charge in [0.2, 0.25) is 0 Å². The zero-order chi connectivity index (χ0) is 38.2. The third kappa shape index (κ3) is 16.6. The summed E-state index contributed by atoms with van der Waals surface area (Å²) in [6.07, 6.45) is 55.9. The zero-order valence-electron chi connectivity index (χ0n) is 37.6. The lowest BCUT2D eigenvalue weighted by Gasteiger charge is -2.47. The summed E-state index contributed by atoms with van der Waals surface area (Å²) in [6, 6.07) is 0. The molecule has 4 saturated carbocycles. The van der Waals surface area contributed by atoms with E-state index in [0.717, 1.165) is 36.9 Å². The van der Waals surface area contributed by atoms with Crippen LogP contribution in [0.1, 0.15) is 272 Å². The van der Waals surface area contributed by atoms with Gasteiger partial charge in [0.25, 0.3) is 0 Å². The highest BCUT2D eigenvalue weighted by molar-refractivity contribution is 4.93. The SMILES string of the molecule is CCCCCCCCCCC1CCC(C2(CCOC(C)C(C)OCCC3(C4CCC(CCCCCCCCCC)CC4)CCCCC3)CCCCC2)CC1. The molecule has 0 aromatic rings. The van der Waals surface area contributed by atoms with E-state index in [9.17, 15) is 0 Å². The van der Waals surface area contributed by atoms with Gasteiger partial charge in [-0.25, -0.2) is 0 Å². The summed E-state index contributed by atoms with van der Waals surface area (Å²) >= 11 is 0. The van der Waals surface area contributed by atoms with E-state index in [-0.39, 0.29) is 12.2 Å². The van der Waals surface area contributed by atoms with E-state index in [1.807, 2.05) is 0 Å². The van der Waals surface area contributed by atoms with Crippen LogP contribution in [0.5, 0.6) is 0 Å². The van der Waals surface area contributed by atoms with Crippen molar-refractivity contribution in [2.75, 3.05) is 13.2 Å². The molecule has 2 nitrogen and oxygen atoms in total. The molecule has 0 spiro atoms. The highest BCUT2D eigenvalue weighted by Crippen LogP contribution is 2.53. The number of hydrogen-bond donors (Lipinski definition) is 0. The van der Waals surface area contributed by atoms with Crippen LogP contribution in [0.2, 0.25) is 0 Å². The molecular formula is C52H98O2. The number of rotatable bonds is 29. The van der Waals surface area contributed by atoms with E-state index in [1.54, 1.807) is 0 Å². The lowest BCUT2D eigenvalue weighted by Crippen LogP contribution is -2.38. The van der Waals surface area contributed by atoms with E-state index >= 15 is 0 Å². The molecular weight excluding hydrogens is 657 g/mol. The van der Waals surface area contributed by atoms with Gasteiger partial charge in [0.05, 0.1) is 12.2 Å².